The summed E-state index contributed by atoms with van der Waals surface area (Å²) in [7, 11) is 0. The quantitative estimate of drug-likeness (QED) is 0.785. The Balaban J connectivity index is 2.44. The zero-order valence-corrected chi connectivity index (χ0v) is 11.4. The van der Waals surface area contributed by atoms with Crippen LogP contribution in [-0.4, -0.2) is 14.5 Å². The van der Waals surface area contributed by atoms with Crippen LogP contribution in [0.15, 0.2) is 47.3 Å². The molecule has 5 heteroatoms. The fourth-order valence-electron chi connectivity index (χ4n) is 2.43. The van der Waals surface area contributed by atoms with Crippen molar-refractivity contribution in [2.75, 3.05) is 0 Å². The minimum atomic E-state index is -0.439. The predicted octanol–water partition coefficient (Wildman–Crippen LogP) is 2.30. The van der Waals surface area contributed by atoms with Gasteiger partial charge in [0.25, 0.3) is 5.56 Å². The summed E-state index contributed by atoms with van der Waals surface area (Å²) in [5, 5.41) is 9.50. The Kier molecular flexibility index (Phi) is 3.27. The third-order valence-corrected chi connectivity index (χ3v) is 3.38. The third kappa shape index (κ3) is 2.21. The molecule has 0 fully saturated rings. The van der Waals surface area contributed by atoms with Crippen LogP contribution in [0.1, 0.15) is 11.4 Å². The molecule has 2 heterocycles. The molecule has 21 heavy (non-hydrogen) atoms. The van der Waals surface area contributed by atoms with E-state index in [1.54, 1.807) is 31.2 Å². The van der Waals surface area contributed by atoms with Gasteiger partial charge in [-0.15, -0.1) is 0 Å². The average Bonchev–Trinajstić information content (AvgIpc) is 2.46. The summed E-state index contributed by atoms with van der Waals surface area (Å²) in [5.74, 6) is -0.439. The van der Waals surface area contributed by atoms with E-state index in [2.05, 4.69) is 4.98 Å². The van der Waals surface area contributed by atoms with Crippen molar-refractivity contribution in [3.63, 3.8) is 0 Å². The van der Waals surface area contributed by atoms with Gasteiger partial charge in [0.2, 0.25) is 0 Å². The van der Waals surface area contributed by atoms with Crippen LogP contribution in [0.2, 0.25) is 0 Å². The van der Waals surface area contributed by atoms with Crippen LogP contribution in [0, 0.1) is 12.7 Å². The smallest absolute Gasteiger partial charge is 0.266 e. The lowest BCUT2D eigenvalue weighted by Gasteiger charge is -2.11. The second-order valence-corrected chi connectivity index (χ2v) is 4.77. The average molecular weight is 284 g/mol. The van der Waals surface area contributed by atoms with E-state index >= 15 is 0 Å². The third-order valence-electron chi connectivity index (χ3n) is 3.38. The molecule has 0 atom stereocenters. The Morgan fingerprint density at radius 1 is 1.24 bits per heavy atom. The number of pyridine rings is 1. The van der Waals surface area contributed by atoms with E-state index in [-0.39, 0.29) is 23.4 Å². The molecule has 0 aliphatic carbocycles. The highest BCUT2D eigenvalue weighted by Gasteiger charge is 2.15. The van der Waals surface area contributed by atoms with Crippen molar-refractivity contribution in [3.8, 4) is 11.1 Å². The number of aliphatic hydroxyl groups excluding tert-OH is 1. The maximum Gasteiger partial charge on any atom is 0.266 e. The van der Waals surface area contributed by atoms with E-state index in [1.165, 1.54) is 22.6 Å². The van der Waals surface area contributed by atoms with Crippen molar-refractivity contribution in [1.29, 1.82) is 0 Å². The van der Waals surface area contributed by atoms with Crippen LogP contribution in [0.25, 0.3) is 16.8 Å². The van der Waals surface area contributed by atoms with Gasteiger partial charge < -0.3 is 5.11 Å². The molecule has 0 spiro atoms. The Hall–Kier alpha value is -2.53. The molecular formula is C16H13FN2O2. The Morgan fingerprint density at radius 3 is 2.71 bits per heavy atom. The molecule has 0 amide bonds. The van der Waals surface area contributed by atoms with Crippen molar-refractivity contribution in [3.05, 3.63) is 70.0 Å². The molecule has 0 radical (unpaired) electrons. The topological polar surface area (TPSA) is 54.6 Å². The minimum Gasteiger partial charge on any atom is -0.390 e. The Morgan fingerprint density at radius 2 is 2.00 bits per heavy atom. The van der Waals surface area contributed by atoms with Gasteiger partial charge in [-0.05, 0) is 36.8 Å². The number of halogens is 1. The van der Waals surface area contributed by atoms with E-state index in [0.717, 1.165) is 5.69 Å². The first-order chi connectivity index (χ1) is 10.1. The molecule has 0 unspecified atom stereocenters. The number of aliphatic hydroxyl groups is 1. The van der Waals surface area contributed by atoms with Gasteiger partial charge in [-0.25, -0.2) is 9.37 Å². The van der Waals surface area contributed by atoms with E-state index in [0.29, 0.717) is 11.2 Å². The highest BCUT2D eigenvalue weighted by Crippen LogP contribution is 2.21. The molecule has 0 aliphatic heterocycles. The molecule has 0 bridgehead atoms. The molecular weight excluding hydrogens is 271 g/mol. The number of aromatic nitrogens is 2. The van der Waals surface area contributed by atoms with Crippen molar-refractivity contribution in [2.24, 2.45) is 0 Å². The van der Waals surface area contributed by atoms with Gasteiger partial charge >= 0.3 is 0 Å². The van der Waals surface area contributed by atoms with E-state index in [4.69, 9.17) is 0 Å². The van der Waals surface area contributed by atoms with Crippen LogP contribution in [-0.2, 0) is 6.61 Å². The molecule has 3 rings (SSSR count). The molecule has 1 aromatic carbocycles. The fourth-order valence-corrected chi connectivity index (χ4v) is 2.43. The van der Waals surface area contributed by atoms with Gasteiger partial charge in [-0.3, -0.25) is 9.20 Å². The number of nitrogens with zero attached hydrogens (tertiary/aromatic N) is 2. The van der Waals surface area contributed by atoms with Gasteiger partial charge in [0, 0.05) is 5.69 Å². The van der Waals surface area contributed by atoms with Gasteiger partial charge in [0.15, 0.2) is 0 Å². The van der Waals surface area contributed by atoms with Crippen LogP contribution < -0.4 is 5.56 Å². The summed E-state index contributed by atoms with van der Waals surface area (Å²) in [6, 6.07) is 11.0. The second-order valence-electron chi connectivity index (χ2n) is 4.77. The molecule has 2 aromatic heterocycles. The Bertz CT molecular complexity index is 887. The van der Waals surface area contributed by atoms with E-state index < -0.39 is 5.82 Å². The number of benzene rings is 1. The lowest BCUT2D eigenvalue weighted by atomic mass is 10.1. The Labute approximate surface area is 120 Å². The van der Waals surface area contributed by atoms with Gasteiger partial charge in [0.05, 0.1) is 17.9 Å². The first-order valence-electron chi connectivity index (χ1n) is 6.50. The van der Waals surface area contributed by atoms with Gasteiger partial charge in [-0.2, -0.15) is 0 Å². The maximum atomic E-state index is 13.4. The number of aryl methyl sites for hydroxylation is 1. The number of rotatable bonds is 2. The SMILES string of the molecule is Cc1cccc2nc(CO)c(-c3cccc(F)c3)c(=O)n12. The standard InChI is InChI=1S/C16H13FN2O2/c1-10-4-2-7-14-18-13(9-20)15(16(21)19(10)14)11-5-3-6-12(17)8-11/h2-8,20H,9H2,1H3. The van der Waals surface area contributed by atoms with Crippen molar-refractivity contribution in [1.82, 2.24) is 9.38 Å². The molecule has 0 saturated heterocycles. The second kappa shape index (κ2) is 5.10. The lowest BCUT2D eigenvalue weighted by molar-refractivity contribution is 0.277. The number of fused-ring (bicyclic) bond motifs is 1. The van der Waals surface area contributed by atoms with Crippen molar-refractivity contribution < 1.29 is 9.50 Å². The minimum absolute atomic E-state index is 0.226. The zero-order chi connectivity index (χ0) is 15.0. The highest BCUT2D eigenvalue weighted by molar-refractivity contribution is 5.66. The zero-order valence-electron chi connectivity index (χ0n) is 11.4. The molecule has 4 nitrogen and oxygen atoms in total. The summed E-state index contributed by atoms with van der Waals surface area (Å²) in [6.45, 7) is 1.41. The predicted molar refractivity (Wildman–Crippen MR) is 77.5 cm³/mol. The summed E-state index contributed by atoms with van der Waals surface area (Å²) in [6.07, 6.45) is 0. The van der Waals surface area contributed by atoms with Gasteiger partial charge in [-0.1, -0.05) is 18.2 Å². The monoisotopic (exact) mass is 284 g/mol. The van der Waals surface area contributed by atoms with Crippen molar-refractivity contribution >= 4 is 5.65 Å². The number of hydrogen-bond acceptors (Lipinski definition) is 3. The lowest BCUT2D eigenvalue weighted by Crippen LogP contribution is -2.21. The number of hydrogen-bond donors (Lipinski definition) is 1. The molecule has 1 N–H and O–H groups in total. The van der Waals surface area contributed by atoms with Crippen LogP contribution >= 0.6 is 0 Å². The summed E-state index contributed by atoms with van der Waals surface area (Å²) < 4.78 is 14.9. The van der Waals surface area contributed by atoms with Crippen molar-refractivity contribution in [2.45, 2.75) is 13.5 Å². The fraction of sp³-hybridized carbons (Fsp3) is 0.125. The first-order valence-corrected chi connectivity index (χ1v) is 6.50. The van der Waals surface area contributed by atoms with E-state index in [1.807, 2.05) is 0 Å². The van der Waals surface area contributed by atoms with Crippen LogP contribution in [0.3, 0.4) is 0 Å². The highest BCUT2D eigenvalue weighted by atomic mass is 19.1. The molecule has 3 aromatic rings. The van der Waals surface area contributed by atoms with E-state index in [9.17, 15) is 14.3 Å². The first kappa shape index (κ1) is 13.5. The molecule has 106 valence electrons. The van der Waals surface area contributed by atoms with Crippen LogP contribution in [0.4, 0.5) is 4.39 Å². The summed E-state index contributed by atoms with van der Waals surface area (Å²) in [5.41, 5.74) is 1.76. The van der Waals surface area contributed by atoms with Gasteiger partial charge in [0.1, 0.15) is 11.5 Å². The molecule has 0 saturated carbocycles. The summed E-state index contributed by atoms with van der Waals surface area (Å²) >= 11 is 0. The summed E-state index contributed by atoms with van der Waals surface area (Å²) in [4.78, 5) is 17.0. The van der Waals surface area contributed by atoms with Crippen LogP contribution in [0.5, 0.6) is 0 Å². The normalized spacial score (nSPS) is 11.0. The maximum absolute atomic E-state index is 13.4. The molecule has 0 aliphatic rings. The largest absolute Gasteiger partial charge is 0.390 e.